The minimum absolute atomic E-state index is 0.845. The second-order valence-corrected chi connectivity index (χ2v) is 5.34. The molecule has 4 heteroatoms. The van der Waals surface area contributed by atoms with Crippen LogP contribution in [0.3, 0.4) is 0 Å². The quantitative estimate of drug-likeness (QED) is 0.803. The fourth-order valence-corrected chi connectivity index (χ4v) is 2.41. The zero-order valence-corrected chi connectivity index (χ0v) is 11.1. The van der Waals surface area contributed by atoms with Crippen LogP contribution < -0.4 is 4.90 Å². The predicted molar refractivity (Wildman–Crippen MR) is 70.0 cm³/mol. The molecule has 82 valence electrons. The standard InChI is InChI=1S/C11H16IN3/c1-2-3-9-4-5-15(8-9)11-13-6-10(12)7-14-11/h6-7,9H,2-5,8H2,1H3. The van der Waals surface area contributed by atoms with E-state index < -0.39 is 0 Å². The maximum Gasteiger partial charge on any atom is 0.225 e. The predicted octanol–water partition coefficient (Wildman–Crippen LogP) is 2.71. The Labute approximate surface area is 104 Å². The number of hydrogen-bond donors (Lipinski definition) is 0. The summed E-state index contributed by atoms with van der Waals surface area (Å²) in [6, 6.07) is 0. The number of aromatic nitrogens is 2. The molecule has 15 heavy (non-hydrogen) atoms. The Morgan fingerprint density at radius 3 is 2.87 bits per heavy atom. The molecule has 0 amide bonds. The number of anilines is 1. The molecule has 0 bridgehead atoms. The molecule has 1 aromatic heterocycles. The van der Waals surface area contributed by atoms with Gasteiger partial charge in [-0.1, -0.05) is 13.3 Å². The first kappa shape index (κ1) is 11.1. The molecule has 2 rings (SSSR count). The van der Waals surface area contributed by atoms with Crippen molar-refractivity contribution in [2.24, 2.45) is 5.92 Å². The van der Waals surface area contributed by atoms with Gasteiger partial charge in [-0.2, -0.15) is 0 Å². The first-order valence-corrected chi connectivity index (χ1v) is 6.60. The Kier molecular flexibility index (Phi) is 3.77. The van der Waals surface area contributed by atoms with Gasteiger partial charge in [0.15, 0.2) is 0 Å². The van der Waals surface area contributed by atoms with Gasteiger partial charge in [0.1, 0.15) is 0 Å². The van der Waals surface area contributed by atoms with E-state index in [0.717, 1.165) is 28.5 Å². The topological polar surface area (TPSA) is 29.0 Å². The third kappa shape index (κ3) is 2.80. The summed E-state index contributed by atoms with van der Waals surface area (Å²) < 4.78 is 1.10. The molecule has 0 aliphatic carbocycles. The van der Waals surface area contributed by atoms with Crippen LogP contribution in [0.4, 0.5) is 5.95 Å². The minimum Gasteiger partial charge on any atom is -0.341 e. The Bertz CT molecular complexity index is 312. The van der Waals surface area contributed by atoms with Gasteiger partial charge in [0.25, 0.3) is 0 Å². The summed E-state index contributed by atoms with van der Waals surface area (Å²) in [6.07, 6.45) is 7.68. The summed E-state index contributed by atoms with van der Waals surface area (Å²) >= 11 is 2.23. The van der Waals surface area contributed by atoms with Crippen molar-refractivity contribution in [3.05, 3.63) is 16.0 Å². The van der Waals surface area contributed by atoms with E-state index in [1.165, 1.54) is 19.3 Å². The normalized spacial score (nSPS) is 20.9. The van der Waals surface area contributed by atoms with Gasteiger partial charge < -0.3 is 4.90 Å². The summed E-state index contributed by atoms with van der Waals surface area (Å²) in [4.78, 5) is 11.0. The van der Waals surface area contributed by atoms with Crippen LogP contribution in [0.1, 0.15) is 26.2 Å². The average Bonchev–Trinajstić information content (AvgIpc) is 2.68. The van der Waals surface area contributed by atoms with Gasteiger partial charge in [-0.25, -0.2) is 9.97 Å². The Morgan fingerprint density at radius 2 is 2.20 bits per heavy atom. The van der Waals surface area contributed by atoms with Crippen LogP contribution in [0.25, 0.3) is 0 Å². The lowest BCUT2D eigenvalue weighted by Gasteiger charge is -2.15. The molecular weight excluding hydrogens is 301 g/mol. The number of nitrogens with zero attached hydrogens (tertiary/aromatic N) is 3. The summed E-state index contributed by atoms with van der Waals surface area (Å²) in [6.45, 7) is 4.50. The van der Waals surface area contributed by atoms with Crippen molar-refractivity contribution >= 4 is 28.5 Å². The van der Waals surface area contributed by atoms with Gasteiger partial charge in [0.05, 0.1) is 0 Å². The molecule has 1 aromatic rings. The molecule has 1 aliphatic heterocycles. The lowest BCUT2D eigenvalue weighted by Crippen LogP contribution is -2.21. The molecular formula is C11H16IN3. The molecule has 1 atom stereocenters. The minimum atomic E-state index is 0.845. The van der Waals surface area contributed by atoms with Crippen LogP contribution in [0.2, 0.25) is 0 Å². The zero-order valence-electron chi connectivity index (χ0n) is 8.99. The van der Waals surface area contributed by atoms with Gasteiger partial charge in [0.2, 0.25) is 5.95 Å². The molecule has 1 aliphatic rings. The first-order valence-electron chi connectivity index (χ1n) is 5.52. The number of halogens is 1. The van der Waals surface area contributed by atoms with E-state index in [-0.39, 0.29) is 0 Å². The zero-order chi connectivity index (χ0) is 10.7. The summed E-state index contributed by atoms with van der Waals surface area (Å²) in [7, 11) is 0. The first-order chi connectivity index (χ1) is 7.29. The molecule has 1 saturated heterocycles. The van der Waals surface area contributed by atoms with Crippen LogP contribution in [0, 0.1) is 9.49 Å². The van der Waals surface area contributed by atoms with E-state index >= 15 is 0 Å². The second kappa shape index (κ2) is 5.09. The molecule has 0 N–H and O–H groups in total. The molecule has 1 fully saturated rings. The third-order valence-corrected chi connectivity index (χ3v) is 3.43. The van der Waals surface area contributed by atoms with E-state index in [2.05, 4.69) is 44.4 Å². The maximum absolute atomic E-state index is 4.36. The van der Waals surface area contributed by atoms with Gasteiger partial charge in [-0.05, 0) is 41.4 Å². The second-order valence-electron chi connectivity index (χ2n) is 4.09. The van der Waals surface area contributed by atoms with Crippen molar-refractivity contribution in [2.45, 2.75) is 26.2 Å². The van der Waals surface area contributed by atoms with E-state index in [1.54, 1.807) is 0 Å². The maximum atomic E-state index is 4.36. The lowest BCUT2D eigenvalue weighted by atomic mass is 10.0. The van der Waals surface area contributed by atoms with Crippen molar-refractivity contribution < 1.29 is 0 Å². The highest BCUT2D eigenvalue weighted by atomic mass is 127. The molecule has 2 heterocycles. The molecule has 0 spiro atoms. The largest absolute Gasteiger partial charge is 0.341 e. The van der Waals surface area contributed by atoms with E-state index in [9.17, 15) is 0 Å². The highest BCUT2D eigenvalue weighted by Crippen LogP contribution is 2.23. The van der Waals surface area contributed by atoms with E-state index in [4.69, 9.17) is 0 Å². The smallest absolute Gasteiger partial charge is 0.225 e. The Morgan fingerprint density at radius 1 is 1.47 bits per heavy atom. The summed E-state index contributed by atoms with van der Waals surface area (Å²) in [5.41, 5.74) is 0. The Hall–Kier alpha value is -0.390. The molecule has 0 aromatic carbocycles. The van der Waals surface area contributed by atoms with Gasteiger partial charge in [0, 0.05) is 29.1 Å². The molecule has 0 saturated carbocycles. The average molecular weight is 317 g/mol. The summed E-state index contributed by atoms with van der Waals surface area (Å²) in [5, 5.41) is 0. The van der Waals surface area contributed by atoms with Gasteiger partial charge in [-0.3, -0.25) is 0 Å². The monoisotopic (exact) mass is 317 g/mol. The fraction of sp³-hybridized carbons (Fsp3) is 0.636. The van der Waals surface area contributed by atoms with Crippen LogP contribution in [-0.2, 0) is 0 Å². The molecule has 1 unspecified atom stereocenters. The highest BCUT2D eigenvalue weighted by molar-refractivity contribution is 14.1. The van der Waals surface area contributed by atoms with Gasteiger partial charge in [-0.15, -0.1) is 0 Å². The van der Waals surface area contributed by atoms with Crippen molar-refractivity contribution in [3.8, 4) is 0 Å². The van der Waals surface area contributed by atoms with Crippen molar-refractivity contribution in [1.29, 1.82) is 0 Å². The fourth-order valence-electron chi connectivity index (χ4n) is 2.13. The Balaban J connectivity index is 1.98. The molecule has 0 radical (unpaired) electrons. The number of rotatable bonds is 3. The van der Waals surface area contributed by atoms with Crippen molar-refractivity contribution in [3.63, 3.8) is 0 Å². The molecule has 3 nitrogen and oxygen atoms in total. The van der Waals surface area contributed by atoms with Crippen LogP contribution in [0.15, 0.2) is 12.4 Å². The van der Waals surface area contributed by atoms with E-state index in [1.807, 2.05) is 12.4 Å². The van der Waals surface area contributed by atoms with E-state index in [0.29, 0.717) is 0 Å². The number of hydrogen-bond acceptors (Lipinski definition) is 3. The van der Waals surface area contributed by atoms with Crippen LogP contribution in [-0.4, -0.2) is 23.1 Å². The van der Waals surface area contributed by atoms with Gasteiger partial charge >= 0.3 is 0 Å². The SMILES string of the molecule is CCCC1CCN(c2ncc(I)cn2)C1. The highest BCUT2D eigenvalue weighted by Gasteiger charge is 2.23. The third-order valence-electron chi connectivity index (χ3n) is 2.87. The van der Waals surface area contributed by atoms with Crippen molar-refractivity contribution in [1.82, 2.24) is 9.97 Å². The van der Waals surface area contributed by atoms with Crippen molar-refractivity contribution in [2.75, 3.05) is 18.0 Å². The summed E-state index contributed by atoms with van der Waals surface area (Å²) in [5.74, 6) is 1.74. The van der Waals surface area contributed by atoms with Crippen LogP contribution >= 0.6 is 22.6 Å². The van der Waals surface area contributed by atoms with Crippen LogP contribution in [0.5, 0.6) is 0 Å². The lowest BCUT2D eigenvalue weighted by molar-refractivity contribution is 0.529.